The second kappa shape index (κ2) is 7.24. The summed E-state index contributed by atoms with van der Waals surface area (Å²) in [4.78, 5) is 18.5. The topological polar surface area (TPSA) is 34.9 Å². The van der Waals surface area contributed by atoms with E-state index < -0.39 is 0 Å². The Morgan fingerprint density at radius 1 is 1.19 bits per heavy atom. The van der Waals surface area contributed by atoms with Gasteiger partial charge in [-0.3, -0.25) is 4.79 Å². The van der Waals surface area contributed by atoms with Crippen molar-refractivity contribution in [2.75, 3.05) is 0 Å². The summed E-state index contributed by atoms with van der Waals surface area (Å²) in [6.45, 7) is 2.98. The number of carbonyl (C=O) groups excluding carboxylic acids is 1. The molecule has 1 fully saturated rings. The van der Waals surface area contributed by atoms with Crippen LogP contribution in [-0.4, -0.2) is 15.3 Å². The Morgan fingerprint density at radius 3 is 2.84 bits per heavy atom. The summed E-state index contributed by atoms with van der Waals surface area (Å²) >= 11 is 1.65. The van der Waals surface area contributed by atoms with Gasteiger partial charge < -0.3 is 4.57 Å². The molecule has 1 aliphatic carbocycles. The maximum absolute atomic E-state index is 13.8. The molecule has 0 radical (unpaired) electrons. The summed E-state index contributed by atoms with van der Waals surface area (Å²) in [5.41, 5.74) is 4.80. The first-order valence-corrected chi connectivity index (χ1v) is 11.9. The molecule has 32 heavy (non-hydrogen) atoms. The summed E-state index contributed by atoms with van der Waals surface area (Å²) in [7, 11) is 0. The number of halogens is 1. The van der Waals surface area contributed by atoms with Gasteiger partial charge in [0.2, 0.25) is 0 Å². The van der Waals surface area contributed by atoms with Gasteiger partial charge in [0.25, 0.3) is 0 Å². The van der Waals surface area contributed by atoms with Crippen molar-refractivity contribution in [1.29, 1.82) is 0 Å². The predicted octanol–water partition coefficient (Wildman–Crippen LogP) is 6.99. The molecule has 5 heteroatoms. The molecule has 2 atom stereocenters. The summed E-state index contributed by atoms with van der Waals surface area (Å²) in [6, 6.07) is 14.7. The summed E-state index contributed by atoms with van der Waals surface area (Å²) in [5, 5.41) is 3.10. The highest BCUT2D eigenvalue weighted by Gasteiger charge is 2.46. The van der Waals surface area contributed by atoms with Gasteiger partial charge in [0.05, 0.1) is 17.7 Å². The minimum Gasteiger partial charge on any atom is -0.330 e. The number of nitrogens with zero attached hydrogens (tertiary/aromatic N) is 2. The lowest BCUT2D eigenvalue weighted by molar-refractivity contribution is 0.0729. The molecular weight excluding hydrogens is 419 g/mol. The molecule has 1 aliphatic heterocycles. The number of hydrogen-bond donors (Lipinski definition) is 0. The molecule has 6 rings (SSSR count). The van der Waals surface area contributed by atoms with E-state index in [1.807, 2.05) is 23.8 Å². The molecule has 1 unspecified atom stereocenters. The van der Waals surface area contributed by atoms with E-state index in [0.29, 0.717) is 0 Å². The second-order valence-corrected chi connectivity index (χ2v) is 10.1. The normalized spacial score (nSPS) is 22.3. The first kappa shape index (κ1) is 19.6. The van der Waals surface area contributed by atoms with E-state index in [1.165, 1.54) is 17.7 Å². The SMILES string of the molecule is C[C@]12Cn3cnc(-c4ccc(F)cc4)c3C=C1CCCC2C(=O)c1csc2ccccc12. The van der Waals surface area contributed by atoms with Crippen molar-refractivity contribution in [3.63, 3.8) is 0 Å². The highest BCUT2D eigenvalue weighted by molar-refractivity contribution is 7.17. The van der Waals surface area contributed by atoms with Gasteiger partial charge in [-0.15, -0.1) is 11.3 Å². The Morgan fingerprint density at radius 2 is 2.00 bits per heavy atom. The number of allylic oxidation sites excluding steroid dienone is 1. The first-order valence-electron chi connectivity index (χ1n) is 11.1. The number of thiophene rings is 1. The highest BCUT2D eigenvalue weighted by atomic mass is 32.1. The lowest BCUT2D eigenvalue weighted by atomic mass is 9.61. The Labute approximate surface area is 190 Å². The van der Waals surface area contributed by atoms with E-state index in [9.17, 15) is 9.18 Å². The first-order chi connectivity index (χ1) is 15.5. The van der Waals surface area contributed by atoms with Gasteiger partial charge >= 0.3 is 0 Å². The predicted molar refractivity (Wildman–Crippen MR) is 127 cm³/mol. The molecule has 2 aromatic heterocycles. The minimum absolute atomic E-state index is 0.0506. The lowest BCUT2D eigenvalue weighted by Gasteiger charge is -2.45. The Kier molecular flexibility index (Phi) is 4.44. The van der Waals surface area contributed by atoms with Gasteiger partial charge in [-0.1, -0.05) is 30.7 Å². The summed E-state index contributed by atoms with van der Waals surface area (Å²) in [6.07, 6.45) is 7.02. The zero-order chi connectivity index (χ0) is 21.9. The summed E-state index contributed by atoms with van der Waals surface area (Å²) in [5.74, 6) is -0.0365. The standard InChI is InChI=1S/C27H23FN2OS/c1-27-15-30-16-29-25(17-9-11-19(28)12-10-17)23(30)13-18(27)5-4-7-22(27)26(31)21-14-32-24-8-3-2-6-20(21)24/h2-3,6,8-14,16,22H,4-5,7,15H2,1H3/t22?,27-/m0/s1. The van der Waals surface area contributed by atoms with Crippen LogP contribution in [0.25, 0.3) is 27.4 Å². The molecule has 0 amide bonds. The molecule has 160 valence electrons. The molecule has 4 aromatic rings. The van der Waals surface area contributed by atoms with E-state index in [-0.39, 0.29) is 22.9 Å². The van der Waals surface area contributed by atoms with E-state index in [2.05, 4.69) is 34.7 Å². The third-order valence-corrected chi connectivity index (χ3v) is 8.27. The number of aromatic nitrogens is 2. The maximum atomic E-state index is 13.8. The third kappa shape index (κ3) is 2.91. The minimum atomic E-state index is -0.248. The van der Waals surface area contributed by atoms with E-state index >= 15 is 0 Å². The molecule has 0 N–H and O–H groups in total. The van der Waals surface area contributed by atoms with Gasteiger partial charge in [-0.05, 0) is 55.7 Å². The smallest absolute Gasteiger partial charge is 0.168 e. The fraction of sp³-hybridized carbons (Fsp3) is 0.259. The molecule has 3 nitrogen and oxygen atoms in total. The Bertz CT molecular complexity index is 1380. The number of fused-ring (bicyclic) bond motifs is 3. The van der Waals surface area contributed by atoms with Crippen molar-refractivity contribution in [1.82, 2.24) is 9.55 Å². The number of hydrogen-bond acceptors (Lipinski definition) is 3. The monoisotopic (exact) mass is 442 g/mol. The zero-order valence-corrected chi connectivity index (χ0v) is 18.7. The molecule has 0 spiro atoms. The average molecular weight is 443 g/mol. The van der Waals surface area contributed by atoms with Crippen LogP contribution in [0, 0.1) is 17.2 Å². The van der Waals surface area contributed by atoms with E-state index in [4.69, 9.17) is 0 Å². The second-order valence-electron chi connectivity index (χ2n) is 9.15. The van der Waals surface area contributed by atoms with Gasteiger partial charge in [0.1, 0.15) is 5.82 Å². The van der Waals surface area contributed by atoms with Crippen LogP contribution in [0.2, 0.25) is 0 Å². The van der Waals surface area contributed by atoms with Crippen molar-refractivity contribution in [2.24, 2.45) is 11.3 Å². The zero-order valence-electron chi connectivity index (χ0n) is 17.8. The Hall–Kier alpha value is -3.05. The van der Waals surface area contributed by atoms with Crippen LogP contribution in [0.4, 0.5) is 4.39 Å². The molecule has 3 heterocycles. The van der Waals surface area contributed by atoms with Crippen LogP contribution in [-0.2, 0) is 6.54 Å². The number of rotatable bonds is 3. The van der Waals surface area contributed by atoms with Gasteiger partial charge in [-0.2, -0.15) is 0 Å². The van der Waals surface area contributed by atoms with Crippen molar-refractivity contribution in [2.45, 2.75) is 32.7 Å². The van der Waals surface area contributed by atoms with Gasteiger partial charge in [0, 0.05) is 44.5 Å². The van der Waals surface area contributed by atoms with Crippen LogP contribution in [0.1, 0.15) is 42.2 Å². The molecule has 2 aromatic carbocycles. The molecular formula is C27H23FN2OS. The molecule has 2 aliphatic rings. The molecule has 0 saturated heterocycles. The van der Waals surface area contributed by atoms with Crippen molar-refractivity contribution >= 4 is 33.3 Å². The molecule has 0 bridgehead atoms. The maximum Gasteiger partial charge on any atom is 0.168 e. The number of imidazole rings is 1. The lowest BCUT2D eigenvalue weighted by Crippen LogP contribution is -2.43. The van der Waals surface area contributed by atoms with Crippen molar-refractivity contribution in [3.8, 4) is 11.3 Å². The van der Waals surface area contributed by atoms with Gasteiger partial charge in [0.15, 0.2) is 5.78 Å². The number of benzene rings is 2. The van der Waals surface area contributed by atoms with Crippen LogP contribution in [0.3, 0.4) is 0 Å². The quantitative estimate of drug-likeness (QED) is 0.321. The highest BCUT2D eigenvalue weighted by Crippen LogP contribution is 2.51. The van der Waals surface area contributed by atoms with Gasteiger partial charge in [-0.25, -0.2) is 9.37 Å². The molecule has 1 saturated carbocycles. The van der Waals surface area contributed by atoms with Crippen molar-refractivity contribution < 1.29 is 9.18 Å². The van der Waals surface area contributed by atoms with Crippen LogP contribution in [0.15, 0.2) is 65.8 Å². The summed E-state index contributed by atoms with van der Waals surface area (Å²) < 4.78 is 16.7. The average Bonchev–Trinajstić information content (AvgIpc) is 3.41. The number of Topliss-reactive ketones (excluding diaryl/α,β-unsaturated/α-hetero) is 1. The fourth-order valence-electron chi connectivity index (χ4n) is 5.57. The van der Waals surface area contributed by atoms with Crippen LogP contribution >= 0.6 is 11.3 Å². The van der Waals surface area contributed by atoms with Crippen LogP contribution in [0.5, 0.6) is 0 Å². The number of carbonyl (C=O) groups is 1. The fourth-order valence-corrected chi connectivity index (χ4v) is 6.52. The van der Waals surface area contributed by atoms with E-state index in [0.717, 1.165) is 58.4 Å². The van der Waals surface area contributed by atoms with E-state index in [1.54, 1.807) is 23.5 Å². The van der Waals surface area contributed by atoms with Crippen LogP contribution < -0.4 is 0 Å². The number of ketones is 1. The van der Waals surface area contributed by atoms with Crippen molar-refractivity contribution in [3.05, 3.63) is 82.9 Å². The largest absolute Gasteiger partial charge is 0.330 e. The third-order valence-electron chi connectivity index (χ3n) is 7.31. The Balaban J connectivity index is 1.40.